The number of nitrogens with one attached hydrogen (secondary N) is 3. The van der Waals surface area contributed by atoms with Crippen molar-refractivity contribution in [1.29, 1.82) is 5.26 Å². The van der Waals surface area contributed by atoms with Crippen molar-refractivity contribution in [2.24, 2.45) is 0 Å². The van der Waals surface area contributed by atoms with E-state index in [4.69, 9.17) is 0 Å². The molecule has 3 N–H and O–H groups in total. The lowest BCUT2D eigenvalue weighted by atomic mass is 9.90. The fraction of sp³-hybridized carbons (Fsp3) is 0.348. The topological polar surface area (TPSA) is 172 Å². The van der Waals surface area contributed by atoms with Gasteiger partial charge < -0.3 is 10.1 Å². The average Bonchev–Trinajstić information content (AvgIpc) is 2.82. The second-order valence-electron chi connectivity index (χ2n) is 8.37. The molecular formula is C23H28N4O7S2. The van der Waals surface area contributed by atoms with Gasteiger partial charge in [0.1, 0.15) is 4.90 Å². The van der Waals surface area contributed by atoms with Gasteiger partial charge in [-0.1, -0.05) is 27.7 Å². The molecule has 0 spiro atoms. The first-order chi connectivity index (χ1) is 16.7. The Morgan fingerprint density at radius 2 is 1.50 bits per heavy atom. The standard InChI is InChI=1S/C23H28N4O7S2/c1-13(2)17-9-15(12-24)10-18(14(3)4)21(17)26-23(29)27-36(32,33)20-8-7-16(35(30,31)25-5)11-19(20)22(28)34-6/h7-11,13-14,25H,1-6H3,(H2,26,27,29). The molecule has 0 radical (unpaired) electrons. The largest absolute Gasteiger partial charge is 0.465 e. The fourth-order valence-corrected chi connectivity index (χ4v) is 5.26. The van der Waals surface area contributed by atoms with Gasteiger partial charge in [0.15, 0.2) is 0 Å². The van der Waals surface area contributed by atoms with Crippen molar-refractivity contribution >= 4 is 37.7 Å². The second-order valence-corrected chi connectivity index (χ2v) is 11.9. The lowest BCUT2D eigenvalue weighted by Crippen LogP contribution is -2.36. The molecule has 0 aliphatic heterocycles. The van der Waals surface area contributed by atoms with Crippen LogP contribution in [0.15, 0.2) is 40.1 Å². The lowest BCUT2D eigenvalue weighted by molar-refractivity contribution is 0.0596. The Hall–Kier alpha value is -3.47. The van der Waals surface area contributed by atoms with Crippen molar-refractivity contribution in [2.45, 2.75) is 49.3 Å². The maximum Gasteiger partial charge on any atom is 0.339 e. The molecule has 0 heterocycles. The Kier molecular flexibility index (Phi) is 8.84. The van der Waals surface area contributed by atoms with Gasteiger partial charge >= 0.3 is 12.0 Å². The van der Waals surface area contributed by atoms with E-state index >= 15 is 0 Å². The number of hydrogen-bond donors (Lipinski definition) is 3. The summed E-state index contributed by atoms with van der Waals surface area (Å²) in [5.41, 5.74) is 1.48. The van der Waals surface area contributed by atoms with Crippen LogP contribution < -0.4 is 14.8 Å². The summed E-state index contributed by atoms with van der Waals surface area (Å²) in [6.07, 6.45) is 0. The molecule has 2 aromatic rings. The van der Waals surface area contributed by atoms with Gasteiger partial charge in [0.2, 0.25) is 10.0 Å². The molecule has 0 saturated heterocycles. The molecule has 0 aromatic heterocycles. The number of benzene rings is 2. The quantitative estimate of drug-likeness (QED) is 0.432. The highest BCUT2D eigenvalue weighted by molar-refractivity contribution is 7.90. The highest BCUT2D eigenvalue weighted by Gasteiger charge is 2.28. The minimum atomic E-state index is -4.64. The third kappa shape index (κ3) is 6.20. The zero-order chi connectivity index (χ0) is 27.4. The summed E-state index contributed by atoms with van der Waals surface area (Å²) in [6, 6.07) is 6.95. The molecule has 13 heteroatoms. The van der Waals surface area contributed by atoms with E-state index in [-0.39, 0.29) is 16.7 Å². The van der Waals surface area contributed by atoms with Crippen molar-refractivity contribution < 1.29 is 31.2 Å². The Morgan fingerprint density at radius 3 is 1.94 bits per heavy atom. The van der Waals surface area contributed by atoms with Crippen LogP contribution in [0.2, 0.25) is 0 Å². The fourth-order valence-electron chi connectivity index (χ4n) is 3.42. The van der Waals surface area contributed by atoms with Crippen LogP contribution in [0.25, 0.3) is 0 Å². The number of methoxy groups -OCH3 is 1. The summed E-state index contributed by atoms with van der Waals surface area (Å²) in [6.45, 7) is 7.46. The number of carbonyl (C=O) groups is 2. The lowest BCUT2D eigenvalue weighted by Gasteiger charge is -2.21. The third-order valence-corrected chi connectivity index (χ3v) is 8.06. The summed E-state index contributed by atoms with van der Waals surface area (Å²) in [5.74, 6) is -1.31. The number of urea groups is 1. The van der Waals surface area contributed by atoms with Crippen molar-refractivity contribution in [3.63, 3.8) is 0 Å². The van der Waals surface area contributed by atoms with Crippen LogP contribution in [0.3, 0.4) is 0 Å². The smallest absolute Gasteiger partial charge is 0.339 e. The van der Waals surface area contributed by atoms with Gasteiger partial charge in [0, 0.05) is 5.69 Å². The SMILES string of the molecule is CNS(=O)(=O)c1ccc(S(=O)(=O)NC(=O)Nc2c(C(C)C)cc(C#N)cc2C(C)C)c(C(=O)OC)c1. The van der Waals surface area contributed by atoms with Gasteiger partial charge in [-0.2, -0.15) is 5.26 Å². The maximum absolute atomic E-state index is 13.1. The predicted octanol–water partition coefficient (Wildman–Crippen LogP) is 3.01. The molecule has 0 unspecified atom stereocenters. The van der Waals surface area contributed by atoms with Crippen LogP contribution in [-0.2, 0) is 24.8 Å². The summed E-state index contributed by atoms with van der Waals surface area (Å²) in [4.78, 5) is 24.1. The monoisotopic (exact) mass is 536 g/mol. The Morgan fingerprint density at radius 1 is 0.944 bits per heavy atom. The van der Waals surface area contributed by atoms with Gasteiger partial charge in [-0.05, 0) is 60.3 Å². The highest BCUT2D eigenvalue weighted by atomic mass is 32.2. The van der Waals surface area contributed by atoms with Crippen LogP contribution in [0.5, 0.6) is 0 Å². The molecular weight excluding hydrogens is 508 g/mol. The molecule has 2 amide bonds. The summed E-state index contributed by atoms with van der Waals surface area (Å²) >= 11 is 0. The van der Waals surface area contributed by atoms with E-state index < -0.39 is 42.5 Å². The summed E-state index contributed by atoms with van der Waals surface area (Å²) in [5, 5.41) is 11.9. The molecule has 2 aromatic carbocycles. The molecule has 2 rings (SSSR count). The molecule has 36 heavy (non-hydrogen) atoms. The average molecular weight is 537 g/mol. The molecule has 194 valence electrons. The number of nitrogens with zero attached hydrogens (tertiary/aromatic N) is 1. The minimum absolute atomic E-state index is 0.102. The Labute approximate surface area is 211 Å². The number of nitriles is 1. The zero-order valence-corrected chi connectivity index (χ0v) is 22.3. The van der Waals surface area contributed by atoms with E-state index in [1.807, 2.05) is 32.4 Å². The number of amides is 2. The molecule has 0 aliphatic rings. The van der Waals surface area contributed by atoms with Crippen molar-refractivity contribution in [3.05, 3.63) is 52.6 Å². The first kappa shape index (κ1) is 28.8. The Balaban J connectivity index is 2.53. The van der Waals surface area contributed by atoms with E-state index in [0.717, 1.165) is 32.4 Å². The number of anilines is 1. The van der Waals surface area contributed by atoms with Crippen LogP contribution in [0, 0.1) is 11.3 Å². The normalized spacial score (nSPS) is 11.8. The second kappa shape index (κ2) is 11.1. The van der Waals surface area contributed by atoms with Crippen molar-refractivity contribution in [3.8, 4) is 6.07 Å². The molecule has 0 aliphatic carbocycles. The van der Waals surface area contributed by atoms with Gasteiger partial charge in [0.05, 0.1) is 29.2 Å². The molecule has 11 nitrogen and oxygen atoms in total. The van der Waals surface area contributed by atoms with Crippen LogP contribution in [-0.4, -0.2) is 43.0 Å². The van der Waals surface area contributed by atoms with E-state index in [2.05, 4.69) is 20.8 Å². The predicted molar refractivity (Wildman–Crippen MR) is 133 cm³/mol. The maximum atomic E-state index is 13.1. The van der Waals surface area contributed by atoms with Crippen molar-refractivity contribution in [2.75, 3.05) is 19.5 Å². The van der Waals surface area contributed by atoms with Crippen LogP contribution in [0.1, 0.15) is 66.6 Å². The van der Waals surface area contributed by atoms with E-state index in [1.54, 1.807) is 12.1 Å². The first-order valence-electron chi connectivity index (χ1n) is 10.8. The van der Waals surface area contributed by atoms with E-state index in [0.29, 0.717) is 22.4 Å². The molecule has 0 saturated carbocycles. The summed E-state index contributed by atoms with van der Waals surface area (Å²) in [7, 11) is -6.48. The van der Waals surface area contributed by atoms with Gasteiger partial charge in [-0.25, -0.2) is 35.9 Å². The molecule has 0 bridgehead atoms. The minimum Gasteiger partial charge on any atom is -0.465 e. The molecule has 0 fully saturated rings. The highest BCUT2D eigenvalue weighted by Crippen LogP contribution is 2.34. The zero-order valence-electron chi connectivity index (χ0n) is 20.7. The van der Waals surface area contributed by atoms with Gasteiger partial charge in [0.25, 0.3) is 10.0 Å². The van der Waals surface area contributed by atoms with Crippen LogP contribution >= 0.6 is 0 Å². The summed E-state index contributed by atoms with van der Waals surface area (Å²) < 4.78 is 58.9. The number of ether oxygens (including phenoxy) is 1. The number of hydrogen-bond acceptors (Lipinski definition) is 8. The van der Waals surface area contributed by atoms with Crippen molar-refractivity contribution in [1.82, 2.24) is 9.44 Å². The van der Waals surface area contributed by atoms with Gasteiger partial charge in [-0.15, -0.1) is 0 Å². The Bertz CT molecular complexity index is 1410. The third-order valence-electron chi connectivity index (χ3n) is 5.26. The van der Waals surface area contributed by atoms with E-state index in [1.165, 1.54) is 0 Å². The number of sulfonamides is 2. The molecule has 0 atom stereocenters. The first-order valence-corrected chi connectivity index (χ1v) is 13.7. The van der Waals surface area contributed by atoms with E-state index in [9.17, 15) is 31.7 Å². The number of carbonyl (C=O) groups excluding carboxylic acids is 2. The number of rotatable bonds is 8. The van der Waals surface area contributed by atoms with Crippen LogP contribution in [0.4, 0.5) is 10.5 Å². The number of esters is 1. The van der Waals surface area contributed by atoms with Gasteiger partial charge in [-0.3, -0.25) is 0 Å².